The molecular formula is C25H37N3O3. The first-order chi connectivity index (χ1) is 14.8. The molecule has 3 fully saturated rings. The van der Waals surface area contributed by atoms with Crippen molar-refractivity contribution >= 4 is 6.09 Å². The van der Waals surface area contributed by atoms with E-state index >= 15 is 0 Å². The molecule has 1 saturated carbocycles. The minimum atomic E-state index is -0.480. The normalized spacial score (nSPS) is 29.6. The summed E-state index contributed by atoms with van der Waals surface area (Å²) in [7, 11) is 0. The number of benzene rings is 1. The molecular weight excluding hydrogens is 390 g/mol. The monoisotopic (exact) mass is 427 g/mol. The fourth-order valence-corrected chi connectivity index (χ4v) is 5.50. The van der Waals surface area contributed by atoms with Crippen LogP contribution in [0.5, 0.6) is 5.75 Å². The van der Waals surface area contributed by atoms with Gasteiger partial charge in [0.15, 0.2) is 0 Å². The van der Waals surface area contributed by atoms with Gasteiger partial charge in [-0.05, 0) is 65.6 Å². The molecule has 1 N–H and O–H groups in total. The van der Waals surface area contributed by atoms with E-state index in [1.807, 2.05) is 31.7 Å². The van der Waals surface area contributed by atoms with Crippen molar-refractivity contribution in [3.63, 3.8) is 0 Å². The minimum absolute atomic E-state index is 0.233. The molecule has 3 heterocycles. The largest absolute Gasteiger partial charge is 0.485 e. The highest BCUT2D eigenvalue weighted by molar-refractivity contribution is 5.68. The van der Waals surface area contributed by atoms with Crippen LogP contribution in [0.3, 0.4) is 0 Å². The lowest BCUT2D eigenvalue weighted by molar-refractivity contribution is 0.0115. The Hall–Kier alpha value is -1.79. The lowest BCUT2D eigenvalue weighted by atomic mass is 9.85. The Morgan fingerprint density at radius 1 is 1.13 bits per heavy atom. The Kier molecular flexibility index (Phi) is 5.41. The first-order valence-electron chi connectivity index (χ1n) is 12.1. The number of hydrogen-bond donors (Lipinski definition) is 1. The van der Waals surface area contributed by atoms with E-state index in [1.54, 1.807) is 0 Å². The first-order valence-corrected chi connectivity index (χ1v) is 12.1. The van der Waals surface area contributed by atoms with Crippen molar-refractivity contribution in [2.45, 2.75) is 88.6 Å². The minimum Gasteiger partial charge on any atom is -0.485 e. The number of amides is 1. The molecule has 2 saturated heterocycles. The maximum Gasteiger partial charge on any atom is 0.410 e. The van der Waals surface area contributed by atoms with Gasteiger partial charge in [0.25, 0.3) is 0 Å². The summed E-state index contributed by atoms with van der Waals surface area (Å²) in [6, 6.07) is 10.1. The topological polar surface area (TPSA) is 54.0 Å². The highest BCUT2D eigenvalue weighted by Gasteiger charge is 2.48. The van der Waals surface area contributed by atoms with Crippen molar-refractivity contribution in [3.05, 3.63) is 29.8 Å². The second-order valence-electron chi connectivity index (χ2n) is 10.9. The van der Waals surface area contributed by atoms with Crippen LogP contribution in [-0.2, 0) is 4.74 Å². The Labute approximate surface area is 186 Å². The third-order valence-electron chi connectivity index (χ3n) is 7.19. The Balaban J connectivity index is 1.27. The summed E-state index contributed by atoms with van der Waals surface area (Å²) in [5.74, 6) is 0.965. The molecule has 6 nitrogen and oxygen atoms in total. The van der Waals surface area contributed by atoms with Gasteiger partial charge in [0.2, 0.25) is 0 Å². The Morgan fingerprint density at radius 3 is 2.58 bits per heavy atom. The average Bonchev–Trinajstić information content (AvgIpc) is 3.49. The summed E-state index contributed by atoms with van der Waals surface area (Å²) in [6.45, 7) is 9.45. The number of ether oxygens (including phenoxy) is 2. The van der Waals surface area contributed by atoms with Crippen LogP contribution in [0.2, 0.25) is 0 Å². The van der Waals surface area contributed by atoms with Crippen LogP contribution in [0.15, 0.2) is 24.3 Å². The zero-order valence-electron chi connectivity index (χ0n) is 19.2. The van der Waals surface area contributed by atoms with Gasteiger partial charge in [0, 0.05) is 43.1 Å². The van der Waals surface area contributed by atoms with Gasteiger partial charge in [-0.2, -0.15) is 0 Å². The molecule has 2 atom stereocenters. The van der Waals surface area contributed by atoms with Crippen molar-refractivity contribution in [1.29, 1.82) is 0 Å². The van der Waals surface area contributed by atoms with Crippen LogP contribution in [-0.4, -0.2) is 65.4 Å². The van der Waals surface area contributed by atoms with Gasteiger partial charge in [-0.15, -0.1) is 0 Å². The smallest absolute Gasteiger partial charge is 0.410 e. The molecule has 0 radical (unpaired) electrons. The molecule has 6 heteroatoms. The van der Waals surface area contributed by atoms with Gasteiger partial charge in [-0.25, -0.2) is 4.79 Å². The summed E-state index contributed by atoms with van der Waals surface area (Å²) < 4.78 is 12.2. The van der Waals surface area contributed by atoms with Gasteiger partial charge in [-0.3, -0.25) is 0 Å². The van der Waals surface area contributed by atoms with E-state index in [0.29, 0.717) is 19.1 Å². The molecule has 31 heavy (non-hydrogen) atoms. The van der Waals surface area contributed by atoms with Gasteiger partial charge in [0.05, 0.1) is 6.54 Å². The van der Waals surface area contributed by atoms with Crippen LogP contribution < -0.4 is 10.1 Å². The van der Waals surface area contributed by atoms with Crippen LogP contribution in [0.1, 0.15) is 70.9 Å². The molecule has 1 aromatic rings. The summed E-state index contributed by atoms with van der Waals surface area (Å²) in [4.78, 5) is 17.1. The van der Waals surface area contributed by atoms with E-state index in [2.05, 4.69) is 28.4 Å². The molecule has 1 amide bonds. The number of nitrogens with zero attached hydrogens (tertiary/aromatic N) is 2. The van der Waals surface area contributed by atoms with E-state index in [4.69, 9.17) is 9.47 Å². The van der Waals surface area contributed by atoms with Crippen molar-refractivity contribution in [3.8, 4) is 5.75 Å². The average molecular weight is 428 g/mol. The lowest BCUT2D eigenvalue weighted by Crippen LogP contribution is -2.50. The molecule has 0 unspecified atom stereocenters. The number of nitrogens with one attached hydrogen (secondary N) is 1. The highest BCUT2D eigenvalue weighted by atomic mass is 16.6. The first kappa shape index (κ1) is 21.1. The molecule has 170 valence electrons. The number of hydrogen-bond acceptors (Lipinski definition) is 5. The van der Waals surface area contributed by atoms with Crippen molar-refractivity contribution in [2.24, 2.45) is 0 Å². The molecule has 4 aliphatic rings. The number of carbonyl (C=O) groups is 1. The summed E-state index contributed by atoms with van der Waals surface area (Å²) in [5.41, 5.74) is 0.442. The van der Waals surface area contributed by atoms with E-state index in [9.17, 15) is 4.79 Å². The summed E-state index contributed by atoms with van der Waals surface area (Å²) in [5, 5.41) is 3.99. The molecule has 1 aliphatic carbocycles. The third-order valence-corrected chi connectivity index (χ3v) is 7.19. The molecule has 3 aliphatic heterocycles. The van der Waals surface area contributed by atoms with Crippen molar-refractivity contribution in [1.82, 2.24) is 15.1 Å². The number of piperidine rings is 1. The van der Waals surface area contributed by atoms with E-state index in [0.717, 1.165) is 24.6 Å². The quantitative estimate of drug-likeness (QED) is 0.787. The van der Waals surface area contributed by atoms with Gasteiger partial charge in [0.1, 0.15) is 17.0 Å². The SMILES string of the molecule is CC(C)(C)OC(=O)N1CC[C@]2(C[C@H](NC3CCN(C4CC4)CC3)c3ccccc3O2)C1. The number of rotatable bonds is 3. The van der Waals surface area contributed by atoms with Crippen LogP contribution in [0, 0.1) is 0 Å². The molecule has 5 rings (SSSR count). The molecule has 0 aromatic heterocycles. The second kappa shape index (κ2) is 7.96. The zero-order valence-corrected chi connectivity index (χ0v) is 19.2. The third kappa shape index (κ3) is 4.70. The Bertz CT molecular complexity index is 810. The highest BCUT2D eigenvalue weighted by Crippen LogP contribution is 2.44. The van der Waals surface area contributed by atoms with Crippen LogP contribution >= 0.6 is 0 Å². The number of fused-ring (bicyclic) bond motifs is 1. The number of para-hydroxylation sites is 1. The van der Waals surface area contributed by atoms with E-state index in [1.165, 1.54) is 44.3 Å². The van der Waals surface area contributed by atoms with Gasteiger partial charge < -0.3 is 24.6 Å². The summed E-state index contributed by atoms with van der Waals surface area (Å²) >= 11 is 0. The maximum absolute atomic E-state index is 12.6. The molecule has 1 spiro atoms. The van der Waals surface area contributed by atoms with E-state index < -0.39 is 5.60 Å². The molecule has 1 aromatic carbocycles. The predicted molar refractivity (Wildman–Crippen MR) is 120 cm³/mol. The van der Waals surface area contributed by atoms with Crippen molar-refractivity contribution < 1.29 is 14.3 Å². The fraction of sp³-hybridized carbons (Fsp3) is 0.720. The van der Waals surface area contributed by atoms with Gasteiger partial charge in [-0.1, -0.05) is 18.2 Å². The standard InChI is InChI=1S/C25H37N3O3/c1-24(2,3)31-23(29)28-15-12-25(17-28)16-21(20-6-4-5-7-22(20)30-25)26-18-10-13-27(14-11-18)19-8-9-19/h4-7,18-19,21,26H,8-17H2,1-3H3/t21-,25-/m0/s1. The van der Waals surface area contributed by atoms with Crippen molar-refractivity contribution in [2.75, 3.05) is 26.2 Å². The Morgan fingerprint density at radius 2 is 1.87 bits per heavy atom. The fourth-order valence-electron chi connectivity index (χ4n) is 5.50. The maximum atomic E-state index is 12.6. The van der Waals surface area contributed by atoms with Crippen LogP contribution in [0.25, 0.3) is 0 Å². The van der Waals surface area contributed by atoms with E-state index in [-0.39, 0.29) is 17.7 Å². The zero-order chi connectivity index (χ0) is 21.6. The predicted octanol–water partition coefficient (Wildman–Crippen LogP) is 4.11. The number of carbonyl (C=O) groups excluding carboxylic acids is 1. The summed E-state index contributed by atoms with van der Waals surface area (Å²) in [6.07, 6.45) is 6.72. The van der Waals surface area contributed by atoms with Gasteiger partial charge >= 0.3 is 6.09 Å². The lowest BCUT2D eigenvalue weighted by Gasteiger charge is -2.42. The second-order valence-corrected chi connectivity index (χ2v) is 10.9. The van der Waals surface area contributed by atoms with Crippen LogP contribution in [0.4, 0.5) is 4.79 Å². The number of likely N-dealkylation sites (tertiary alicyclic amines) is 2. The molecule has 0 bridgehead atoms.